The number of sulfonamides is 1. The molecule has 0 aliphatic carbocycles. The molecule has 0 N–H and O–H groups in total. The Morgan fingerprint density at radius 1 is 1.17 bits per heavy atom. The molecule has 1 fully saturated rings. The van der Waals surface area contributed by atoms with Gasteiger partial charge in [-0.1, -0.05) is 24.3 Å². The minimum absolute atomic E-state index is 0.0805. The summed E-state index contributed by atoms with van der Waals surface area (Å²) in [5.41, 5.74) is 1.40. The van der Waals surface area contributed by atoms with Gasteiger partial charge in [-0.05, 0) is 42.8 Å². The molecule has 0 unspecified atom stereocenters. The summed E-state index contributed by atoms with van der Waals surface area (Å²) in [5.74, 6) is 0.0848. The van der Waals surface area contributed by atoms with Crippen molar-refractivity contribution in [2.75, 3.05) is 44.9 Å². The average Bonchev–Trinajstić information content (AvgIpc) is 2.79. The van der Waals surface area contributed by atoms with Crippen LogP contribution in [-0.2, 0) is 19.6 Å². The Morgan fingerprint density at radius 3 is 2.50 bits per heavy atom. The first-order valence-electron chi connectivity index (χ1n) is 9.78. The zero-order valence-electron chi connectivity index (χ0n) is 17.2. The minimum Gasteiger partial charge on any atom is -0.495 e. The first-order chi connectivity index (χ1) is 14.5. The Balaban J connectivity index is 1.86. The highest BCUT2D eigenvalue weighted by Gasteiger charge is 2.29. The maximum Gasteiger partial charge on any atom is 0.250 e. The number of carbonyl (C=O) groups excluding carboxylic acids is 1. The van der Waals surface area contributed by atoms with Gasteiger partial charge in [-0.3, -0.25) is 4.79 Å². The predicted octanol–water partition coefficient (Wildman–Crippen LogP) is 2.78. The number of nitrogens with zero attached hydrogens (tertiary/aromatic N) is 2. The molecule has 0 spiro atoms. The normalized spacial score (nSPS) is 15.3. The Labute approximate surface area is 177 Å². The van der Waals surface area contributed by atoms with E-state index in [1.165, 1.54) is 23.6 Å². The van der Waals surface area contributed by atoms with E-state index in [0.29, 0.717) is 38.4 Å². The maximum atomic E-state index is 13.1. The van der Waals surface area contributed by atoms with Gasteiger partial charge in [0, 0.05) is 31.4 Å². The van der Waals surface area contributed by atoms with Gasteiger partial charge >= 0.3 is 0 Å². The van der Waals surface area contributed by atoms with Gasteiger partial charge in [0.05, 0.1) is 20.3 Å². The van der Waals surface area contributed by atoms with E-state index in [1.807, 2.05) is 37.3 Å². The van der Waals surface area contributed by atoms with Crippen LogP contribution in [0, 0.1) is 0 Å². The van der Waals surface area contributed by atoms with Crippen LogP contribution in [0.4, 0.5) is 5.69 Å². The fraction of sp³-hybridized carbons (Fsp3) is 0.318. The first kappa shape index (κ1) is 22.0. The molecule has 0 bridgehead atoms. The van der Waals surface area contributed by atoms with Crippen molar-refractivity contribution >= 4 is 27.7 Å². The number of benzene rings is 2. The van der Waals surface area contributed by atoms with Gasteiger partial charge in [0.15, 0.2) is 0 Å². The molecule has 1 amide bonds. The third-order valence-corrected chi connectivity index (χ3v) is 6.76. The fourth-order valence-corrected chi connectivity index (χ4v) is 4.85. The minimum atomic E-state index is -3.73. The smallest absolute Gasteiger partial charge is 0.250 e. The van der Waals surface area contributed by atoms with Crippen molar-refractivity contribution in [3.05, 3.63) is 60.2 Å². The van der Waals surface area contributed by atoms with Gasteiger partial charge in [-0.2, -0.15) is 4.31 Å². The van der Waals surface area contributed by atoms with Crippen molar-refractivity contribution in [1.82, 2.24) is 4.31 Å². The Kier molecular flexibility index (Phi) is 7.25. The number of hydrogen-bond acceptors (Lipinski definition) is 5. The molecule has 0 atom stereocenters. The molecule has 0 radical (unpaired) electrons. The second kappa shape index (κ2) is 9.88. The lowest BCUT2D eigenvalue weighted by atomic mass is 10.2. The summed E-state index contributed by atoms with van der Waals surface area (Å²) < 4.78 is 38.1. The van der Waals surface area contributed by atoms with E-state index in [2.05, 4.69) is 0 Å². The van der Waals surface area contributed by atoms with Crippen molar-refractivity contribution in [3.63, 3.8) is 0 Å². The van der Waals surface area contributed by atoms with E-state index < -0.39 is 10.0 Å². The lowest BCUT2D eigenvalue weighted by Gasteiger charge is -2.26. The lowest BCUT2D eigenvalue weighted by molar-refractivity contribution is -0.114. The quantitative estimate of drug-likeness (QED) is 0.632. The second-order valence-corrected chi connectivity index (χ2v) is 8.58. The molecule has 1 aliphatic heterocycles. The largest absolute Gasteiger partial charge is 0.495 e. The highest BCUT2D eigenvalue weighted by molar-refractivity contribution is 7.89. The SMILES string of the molecule is CCN(C(=O)/C=C\c1ccc(OC)c(S(=O)(=O)N2CCOCC2)c1)c1ccccc1. The van der Waals surface area contributed by atoms with E-state index in [-0.39, 0.29) is 16.6 Å². The molecular formula is C22H26N2O5S. The summed E-state index contributed by atoms with van der Waals surface area (Å²) in [5, 5.41) is 0. The van der Waals surface area contributed by atoms with Crippen LogP contribution in [0.2, 0.25) is 0 Å². The first-order valence-corrected chi connectivity index (χ1v) is 11.2. The number of rotatable bonds is 7. The fourth-order valence-electron chi connectivity index (χ4n) is 3.26. The number of amides is 1. The number of para-hydroxylation sites is 1. The van der Waals surface area contributed by atoms with E-state index >= 15 is 0 Å². The van der Waals surface area contributed by atoms with E-state index in [1.54, 1.807) is 23.1 Å². The molecule has 0 saturated carbocycles. The third kappa shape index (κ3) is 4.89. The lowest BCUT2D eigenvalue weighted by Crippen LogP contribution is -2.40. The standard InChI is InChI=1S/C22H26N2O5S/c1-3-24(19-7-5-4-6-8-19)22(25)12-10-18-9-11-20(28-2)21(17-18)30(26,27)23-13-15-29-16-14-23/h4-12,17H,3,13-16H2,1-2H3/b12-10-. The number of anilines is 1. The summed E-state index contributed by atoms with van der Waals surface area (Å²) in [6, 6.07) is 14.2. The topological polar surface area (TPSA) is 76.2 Å². The highest BCUT2D eigenvalue weighted by Crippen LogP contribution is 2.29. The summed E-state index contributed by atoms with van der Waals surface area (Å²) in [4.78, 5) is 14.4. The molecule has 2 aromatic carbocycles. The molecule has 1 saturated heterocycles. The summed E-state index contributed by atoms with van der Waals surface area (Å²) in [6.45, 7) is 3.74. The van der Waals surface area contributed by atoms with E-state index in [0.717, 1.165) is 5.69 Å². The second-order valence-electron chi connectivity index (χ2n) is 6.68. The zero-order chi connectivity index (χ0) is 21.6. The van der Waals surface area contributed by atoms with Gasteiger partial charge in [0.2, 0.25) is 10.0 Å². The van der Waals surface area contributed by atoms with Crippen LogP contribution in [0.3, 0.4) is 0 Å². The summed E-state index contributed by atoms with van der Waals surface area (Å²) in [7, 11) is -2.29. The average molecular weight is 431 g/mol. The Morgan fingerprint density at radius 2 is 1.87 bits per heavy atom. The zero-order valence-corrected chi connectivity index (χ0v) is 18.0. The van der Waals surface area contributed by atoms with Crippen LogP contribution in [0.1, 0.15) is 12.5 Å². The van der Waals surface area contributed by atoms with Gasteiger partial charge in [-0.15, -0.1) is 0 Å². The van der Waals surface area contributed by atoms with Crippen LogP contribution in [-0.4, -0.2) is 58.6 Å². The molecular weight excluding hydrogens is 404 g/mol. The van der Waals surface area contributed by atoms with Gasteiger partial charge in [0.1, 0.15) is 10.6 Å². The molecule has 1 aliphatic rings. The molecule has 3 rings (SSSR count). The van der Waals surface area contributed by atoms with Gasteiger partial charge < -0.3 is 14.4 Å². The Bertz CT molecular complexity index is 999. The monoisotopic (exact) mass is 430 g/mol. The summed E-state index contributed by atoms with van der Waals surface area (Å²) in [6.07, 6.45) is 3.06. The van der Waals surface area contributed by atoms with Crippen LogP contribution in [0.5, 0.6) is 5.75 Å². The molecule has 0 aromatic heterocycles. The van der Waals surface area contributed by atoms with Crippen molar-refractivity contribution < 1.29 is 22.7 Å². The van der Waals surface area contributed by atoms with Crippen molar-refractivity contribution in [3.8, 4) is 5.75 Å². The number of carbonyl (C=O) groups is 1. The predicted molar refractivity (Wildman–Crippen MR) is 116 cm³/mol. The summed E-state index contributed by atoms with van der Waals surface area (Å²) >= 11 is 0. The van der Waals surface area contributed by atoms with E-state index in [4.69, 9.17) is 9.47 Å². The maximum absolute atomic E-state index is 13.1. The van der Waals surface area contributed by atoms with Gasteiger partial charge in [0.25, 0.3) is 5.91 Å². The molecule has 30 heavy (non-hydrogen) atoms. The number of morpholine rings is 1. The number of ether oxygens (including phenoxy) is 2. The number of likely N-dealkylation sites (N-methyl/N-ethyl adjacent to an activating group) is 1. The Hall–Kier alpha value is -2.68. The number of hydrogen-bond donors (Lipinski definition) is 0. The third-order valence-electron chi connectivity index (χ3n) is 4.84. The molecule has 2 aromatic rings. The van der Waals surface area contributed by atoms with Crippen LogP contribution < -0.4 is 9.64 Å². The molecule has 160 valence electrons. The van der Waals surface area contributed by atoms with E-state index in [9.17, 15) is 13.2 Å². The highest BCUT2D eigenvalue weighted by atomic mass is 32.2. The van der Waals surface area contributed by atoms with Crippen LogP contribution >= 0.6 is 0 Å². The molecule has 1 heterocycles. The molecule has 8 heteroatoms. The van der Waals surface area contributed by atoms with Crippen molar-refractivity contribution in [2.24, 2.45) is 0 Å². The van der Waals surface area contributed by atoms with Crippen LogP contribution in [0.15, 0.2) is 59.5 Å². The van der Waals surface area contributed by atoms with Crippen LogP contribution in [0.25, 0.3) is 6.08 Å². The van der Waals surface area contributed by atoms with Crippen molar-refractivity contribution in [1.29, 1.82) is 0 Å². The van der Waals surface area contributed by atoms with Gasteiger partial charge in [-0.25, -0.2) is 8.42 Å². The molecule has 7 nitrogen and oxygen atoms in total. The number of methoxy groups -OCH3 is 1. The van der Waals surface area contributed by atoms with Crippen molar-refractivity contribution in [2.45, 2.75) is 11.8 Å².